The third kappa shape index (κ3) is 2.16. The third-order valence-corrected chi connectivity index (χ3v) is 3.41. The number of benzene rings is 1. The van der Waals surface area contributed by atoms with Crippen LogP contribution in [0.5, 0.6) is 0 Å². The van der Waals surface area contributed by atoms with Gasteiger partial charge in [0, 0.05) is 5.56 Å². The standard InChI is InChI=1S/C16H16N4/c1-3-13-14(4-2)18-16(17-13)20-19-15-10-9-11-7-5-6-8-12(11)15/h3-8H,1-2,9-10H2,(H2,17,18,20)/b19-15+. The molecule has 0 aliphatic heterocycles. The molecule has 2 aromatic rings. The van der Waals surface area contributed by atoms with E-state index >= 15 is 0 Å². The van der Waals surface area contributed by atoms with Gasteiger partial charge in [0.1, 0.15) is 0 Å². The summed E-state index contributed by atoms with van der Waals surface area (Å²) in [6.45, 7) is 7.46. The first kappa shape index (κ1) is 12.4. The zero-order valence-electron chi connectivity index (χ0n) is 11.2. The molecule has 2 N–H and O–H groups in total. The molecule has 0 saturated heterocycles. The second-order valence-corrected chi connectivity index (χ2v) is 4.62. The van der Waals surface area contributed by atoms with E-state index in [-0.39, 0.29) is 0 Å². The Morgan fingerprint density at radius 2 is 2.05 bits per heavy atom. The first-order valence-electron chi connectivity index (χ1n) is 6.57. The molecule has 0 spiro atoms. The van der Waals surface area contributed by atoms with Crippen molar-refractivity contribution in [1.29, 1.82) is 0 Å². The number of imidazole rings is 1. The number of aromatic nitrogens is 2. The smallest absolute Gasteiger partial charge is 0.222 e. The molecule has 1 heterocycles. The topological polar surface area (TPSA) is 53.1 Å². The molecule has 0 saturated carbocycles. The summed E-state index contributed by atoms with van der Waals surface area (Å²) in [5, 5.41) is 4.46. The zero-order chi connectivity index (χ0) is 13.9. The molecule has 4 nitrogen and oxygen atoms in total. The van der Waals surface area contributed by atoms with Gasteiger partial charge in [-0.3, -0.25) is 0 Å². The number of hydrogen-bond acceptors (Lipinski definition) is 3. The summed E-state index contributed by atoms with van der Waals surface area (Å²) in [6, 6.07) is 8.36. The summed E-state index contributed by atoms with van der Waals surface area (Å²) in [5.74, 6) is 0.603. The lowest BCUT2D eigenvalue weighted by Gasteiger charge is -2.00. The lowest BCUT2D eigenvalue weighted by atomic mass is 10.1. The molecule has 100 valence electrons. The number of aryl methyl sites for hydroxylation is 1. The summed E-state index contributed by atoms with van der Waals surface area (Å²) < 4.78 is 0. The third-order valence-electron chi connectivity index (χ3n) is 3.41. The molecular weight excluding hydrogens is 248 g/mol. The largest absolute Gasteiger partial charge is 0.323 e. The summed E-state index contributed by atoms with van der Waals surface area (Å²) in [4.78, 5) is 7.47. The van der Waals surface area contributed by atoms with Crippen molar-refractivity contribution in [2.24, 2.45) is 5.10 Å². The Labute approximate surface area is 118 Å². The van der Waals surface area contributed by atoms with Gasteiger partial charge < -0.3 is 4.98 Å². The van der Waals surface area contributed by atoms with Crippen LogP contribution < -0.4 is 5.43 Å². The van der Waals surface area contributed by atoms with Gasteiger partial charge in [-0.05, 0) is 30.6 Å². The number of aromatic amines is 1. The van der Waals surface area contributed by atoms with Gasteiger partial charge in [-0.15, -0.1) is 0 Å². The maximum Gasteiger partial charge on any atom is 0.222 e. The summed E-state index contributed by atoms with van der Waals surface area (Å²) in [7, 11) is 0. The highest BCUT2D eigenvalue weighted by Crippen LogP contribution is 2.22. The van der Waals surface area contributed by atoms with Crippen LogP contribution in [-0.2, 0) is 6.42 Å². The van der Waals surface area contributed by atoms with Crippen molar-refractivity contribution >= 4 is 23.8 Å². The van der Waals surface area contributed by atoms with Crippen LogP contribution in [-0.4, -0.2) is 15.7 Å². The molecule has 0 fully saturated rings. The van der Waals surface area contributed by atoms with E-state index in [1.807, 2.05) is 6.07 Å². The average molecular weight is 264 g/mol. The predicted molar refractivity (Wildman–Crippen MR) is 83.7 cm³/mol. The Morgan fingerprint density at radius 3 is 2.80 bits per heavy atom. The van der Waals surface area contributed by atoms with Gasteiger partial charge in [0.15, 0.2) is 0 Å². The molecule has 3 rings (SSSR count). The van der Waals surface area contributed by atoms with Crippen molar-refractivity contribution in [1.82, 2.24) is 9.97 Å². The number of rotatable bonds is 4. The van der Waals surface area contributed by atoms with Crippen LogP contribution in [0.3, 0.4) is 0 Å². The normalized spacial score (nSPS) is 15.1. The Hall–Kier alpha value is -2.62. The van der Waals surface area contributed by atoms with Crippen LogP contribution in [0.2, 0.25) is 0 Å². The molecule has 20 heavy (non-hydrogen) atoms. The summed E-state index contributed by atoms with van der Waals surface area (Å²) in [6.07, 6.45) is 5.41. The van der Waals surface area contributed by atoms with Crippen molar-refractivity contribution in [2.75, 3.05) is 5.43 Å². The lowest BCUT2D eigenvalue weighted by molar-refractivity contribution is 1.08. The van der Waals surface area contributed by atoms with E-state index in [1.54, 1.807) is 12.2 Å². The summed E-state index contributed by atoms with van der Waals surface area (Å²) in [5.41, 5.74) is 8.24. The second kappa shape index (κ2) is 5.17. The molecular formula is C16H16N4. The molecule has 0 radical (unpaired) electrons. The van der Waals surface area contributed by atoms with Gasteiger partial charge in [-0.25, -0.2) is 10.4 Å². The van der Waals surface area contributed by atoms with Crippen LogP contribution in [0, 0.1) is 0 Å². The van der Waals surface area contributed by atoms with Crippen LogP contribution in [0.25, 0.3) is 12.2 Å². The fourth-order valence-electron chi connectivity index (χ4n) is 2.41. The highest BCUT2D eigenvalue weighted by Gasteiger charge is 2.16. The maximum absolute atomic E-state index is 4.46. The number of anilines is 1. The lowest BCUT2D eigenvalue weighted by Crippen LogP contribution is -2.00. The van der Waals surface area contributed by atoms with E-state index in [0.29, 0.717) is 5.95 Å². The van der Waals surface area contributed by atoms with E-state index in [4.69, 9.17) is 0 Å². The fraction of sp³-hybridized carbons (Fsp3) is 0.125. The first-order chi connectivity index (χ1) is 9.81. The molecule has 1 aliphatic carbocycles. The van der Waals surface area contributed by atoms with Gasteiger partial charge in [0.25, 0.3) is 0 Å². The number of fused-ring (bicyclic) bond motifs is 1. The van der Waals surface area contributed by atoms with E-state index in [1.165, 1.54) is 11.1 Å². The molecule has 0 atom stereocenters. The van der Waals surface area contributed by atoms with Crippen LogP contribution in [0.1, 0.15) is 28.9 Å². The minimum absolute atomic E-state index is 0.603. The van der Waals surface area contributed by atoms with Gasteiger partial charge in [-0.2, -0.15) is 5.10 Å². The highest BCUT2D eigenvalue weighted by molar-refractivity contribution is 6.04. The van der Waals surface area contributed by atoms with Gasteiger partial charge in [0.05, 0.1) is 17.1 Å². The van der Waals surface area contributed by atoms with Gasteiger partial charge in [0.2, 0.25) is 5.95 Å². The minimum atomic E-state index is 0.603. The van der Waals surface area contributed by atoms with Crippen LogP contribution >= 0.6 is 0 Å². The van der Waals surface area contributed by atoms with Crippen molar-refractivity contribution in [3.63, 3.8) is 0 Å². The first-order valence-corrected chi connectivity index (χ1v) is 6.57. The molecule has 0 bridgehead atoms. The van der Waals surface area contributed by atoms with Crippen LogP contribution in [0.4, 0.5) is 5.95 Å². The van der Waals surface area contributed by atoms with Crippen molar-refractivity contribution in [2.45, 2.75) is 12.8 Å². The van der Waals surface area contributed by atoms with Crippen molar-refractivity contribution < 1.29 is 0 Å². The fourth-order valence-corrected chi connectivity index (χ4v) is 2.41. The maximum atomic E-state index is 4.46. The van der Waals surface area contributed by atoms with E-state index in [2.05, 4.69) is 51.9 Å². The molecule has 0 amide bonds. The second-order valence-electron chi connectivity index (χ2n) is 4.62. The Morgan fingerprint density at radius 1 is 1.20 bits per heavy atom. The van der Waals surface area contributed by atoms with Gasteiger partial charge in [-0.1, -0.05) is 37.4 Å². The average Bonchev–Trinajstić information content (AvgIpc) is 3.08. The predicted octanol–water partition coefficient (Wildman–Crippen LogP) is 3.46. The molecule has 1 aromatic heterocycles. The molecule has 1 aromatic carbocycles. The highest BCUT2D eigenvalue weighted by atomic mass is 15.4. The molecule has 4 heteroatoms. The number of nitrogens with one attached hydrogen (secondary N) is 2. The number of hydrogen-bond donors (Lipinski definition) is 2. The van der Waals surface area contributed by atoms with Crippen molar-refractivity contribution in [3.8, 4) is 0 Å². The number of H-pyrrole nitrogens is 1. The minimum Gasteiger partial charge on any atom is -0.323 e. The SMILES string of the molecule is C=Cc1nc(N/N=C2\CCc3ccccc32)[nH]c1C=C. The Bertz CT molecular complexity index is 669. The van der Waals surface area contributed by atoms with E-state index < -0.39 is 0 Å². The Kier molecular flexibility index (Phi) is 3.21. The number of nitrogens with zero attached hydrogens (tertiary/aromatic N) is 2. The number of hydrazone groups is 1. The van der Waals surface area contributed by atoms with Crippen LogP contribution in [0.15, 0.2) is 42.5 Å². The molecule has 0 unspecified atom stereocenters. The van der Waals surface area contributed by atoms with Crippen molar-refractivity contribution in [3.05, 3.63) is 59.9 Å². The summed E-state index contributed by atoms with van der Waals surface area (Å²) >= 11 is 0. The zero-order valence-corrected chi connectivity index (χ0v) is 11.2. The van der Waals surface area contributed by atoms with Gasteiger partial charge >= 0.3 is 0 Å². The van der Waals surface area contributed by atoms with E-state index in [0.717, 1.165) is 29.9 Å². The Balaban J connectivity index is 1.83. The quantitative estimate of drug-likeness (QED) is 0.831. The monoisotopic (exact) mass is 264 g/mol. The molecule has 1 aliphatic rings. The van der Waals surface area contributed by atoms with E-state index in [9.17, 15) is 0 Å².